The summed E-state index contributed by atoms with van der Waals surface area (Å²) < 4.78 is 0. The van der Waals surface area contributed by atoms with Crippen LogP contribution in [0.3, 0.4) is 0 Å². The molecule has 2 N–H and O–H groups in total. The molecule has 1 heterocycles. The van der Waals surface area contributed by atoms with Gasteiger partial charge in [0, 0.05) is 38.4 Å². The van der Waals surface area contributed by atoms with Crippen LogP contribution in [-0.4, -0.2) is 41.9 Å². The summed E-state index contributed by atoms with van der Waals surface area (Å²) in [5, 5.41) is 0. The predicted molar refractivity (Wildman–Crippen MR) is 92.9 cm³/mol. The van der Waals surface area contributed by atoms with Crippen LogP contribution in [0.2, 0.25) is 0 Å². The number of anilines is 1. The second kappa shape index (κ2) is 7.29. The highest BCUT2D eigenvalue weighted by Crippen LogP contribution is 2.11. The normalized spacial score (nSPS) is 15.6. The van der Waals surface area contributed by atoms with Gasteiger partial charge in [-0.25, -0.2) is 0 Å². The Morgan fingerprint density at radius 2 is 1.52 bits per heavy atom. The summed E-state index contributed by atoms with van der Waals surface area (Å²) in [5.41, 5.74) is 8.76. The molecule has 120 valence electrons. The quantitative estimate of drug-likeness (QED) is 0.881. The van der Waals surface area contributed by atoms with Crippen LogP contribution in [0.4, 0.5) is 5.69 Å². The summed E-state index contributed by atoms with van der Waals surface area (Å²) in [5.74, 6) is 0.203. The van der Waals surface area contributed by atoms with Crippen LogP contribution in [-0.2, 0) is 17.8 Å². The monoisotopic (exact) mass is 309 g/mol. The molecule has 2 aromatic rings. The number of amides is 1. The zero-order valence-electron chi connectivity index (χ0n) is 13.3. The second-order valence-corrected chi connectivity index (χ2v) is 6.06. The molecular weight excluding hydrogens is 286 g/mol. The molecule has 23 heavy (non-hydrogen) atoms. The molecule has 0 spiro atoms. The molecule has 1 amide bonds. The third-order valence-electron chi connectivity index (χ3n) is 4.31. The van der Waals surface area contributed by atoms with E-state index in [9.17, 15) is 4.79 Å². The molecule has 3 rings (SSSR count). The molecule has 1 aliphatic rings. The van der Waals surface area contributed by atoms with E-state index in [2.05, 4.69) is 29.2 Å². The highest BCUT2D eigenvalue weighted by Gasteiger charge is 2.21. The minimum Gasteiger partial charge on any atom is -0.399 e. The first-order valence-corrected chi connectivity index (χ1v) is 8.09. The van der Waals surface area contributed by atoms with Crippen LogP contribution in [0, 0.1) is 0 Å². The first kappa shape index (κ1) is 15.6. The lowest BCUT2D eigenvalue weighted by Crippen LogP contribution is -2.48. The smallest absolute Gasteiger partial charge is 0.227 e. The van der Waals surface area contributed by atoms with E-state index in [1.807, 2.05) is 35.2 Å². The van der Waals surface area contributed by atoms with Gasteiger partial charge in [0.15, 0.2) is 0 Å². The van der Waals surface area contributed by atoms with Crippen molar-refractivity contribution in [1.29, 1.82) is 0 Å². The molecule has 0 unspecified atom stereocenters. The Kier molecular flexibility index (Phi) is 4.93. The van der Waals surface area contributed by atoms with Crippen LogP contribution in [0.15, 0.2) is 54.6 Å². The average Bonchev–Trinajstić information content (AvgIpc) is 2.58. The minimum absolute atomic E-state index is 0.203. The number of nitrogens with zero attached hydrogens (tertiary/aromatic N) is 2. The molecule has 4 nitrogen and oxygen atoms in total. The lowest BCUT2D eigenvalue weighted by atomic mass is 10.1. The molecule has 0 aliphatic carbocycles. The van der Waals surface area contributed by atoms with Gasteiger partial charge in [-0.2, -0.15) is 0 Å². The highest BCUT2D eigenvalue weighted by molar-refractivity contribution is 5.79. The third-order valence-corrected chi connectivity index (χ3v) is 4.31. The Morgan fingerprint density at radius 1 is 0.870 bits per heavy atom. The van der Waals surface area contributed by atoms with Gasteiger partial charge in [-0.1, -0.05) is 42.5 Å². The number of carbonyl (C=O) groups excluding carboxylic acids is 1. The van der Waals surface area contributed by atoms with E-state index in [-0.39, 0.29) is 5.91 Å². The van der Waals surface area contributed by atoms with Gasteiger partial charge in [-0.05, 0) is 23.3 Å². The summed E-state index contributed by atoms with van der Waals surface area (Å²) in [6, 6.07) is 18.0. The predicted octanol–water partition coefficient (Wildman–Crippen LogP) is 2.16. The standard InChI is InChI=1S/C19H23N3O/c20-18-8-6-16(7-9-18)14-19(23)22-12-10-21(11-13-22)15-17-4-2-1-3-5-17/h1-9H,10-15,20H2. The number of benzene rings is 2. The molecule has 0 saturated carbocycles. The molecule has 0 radical (unpaired) electrons. The average molecular weight is 309 g/mol. The van der Waals surface area contributed by atoms with Gasteiger partial charge in [-0.3, -0.25) is 9.69 Å². The Hall–Kier alpha value is -2.33. The zero-order chi connectivity index (χ0) is 16.1. The van der Waals surface area contributed by atoms with Crippen molar-refractivity contribution in [3.8, 4) is 0 Å². The molecule has 1 aliphatic heterocycles. The topological polar surface area (TPSA) is 49.6 Å². The number of hydrogen-bond donors (Lipinski definition) is 1. The van der Waals surface area contributed by atoms with Crippen LogP contribution in [0.5, 0.6) is 0 Å². The fourth-order valence-corrected chi connectivity index (χ4v) is 2.92. The first-order valence-electron chi connectivity index (χ1n) is 8.09. The molecule has 0 bridgehead atoms. The van der Waals surface area contributed by atoms with Crippen molar-refractivity contribution in [3.05, 3.63) is 65.7 Å². The molecule has 2 aromatic carbocycles. The summed E-state index contributed by atoms with van der Waals surface area (Å²) >= 11 is 0. The highest BCUT2D eigenvalue weighted by atomic mass is 16.2. The van der Waals surface area contributed by atoms with Gasteiger partial charge in [-0.15, -0.1) is 0 Å². The van der Waals surface area contributed by atoms with Crippen molar-refractivity contribution in [2.24, 2.45) is 0 Å². The van der Waals surface area contributed by atoms with Crippen molar-refractivity contribution in [2.75, 3.05) is 31.9 Å². The van der Waals surface area contributed by atoms with Gasteiger partial charge in [0.2, 0.25) is 5.91 Å². The van der Waals surface area contributed by atoms with Crippen molar-refractivity contribution >= 4 is 11.6 Å². The van der Waals surface area contributed by atoms with E-state index >= 15 is 0 Å². The zero-order valence-corrected chi connectivity index (χ0v) is 13.3. The minimum atomic E-state index is 0.203. The third kappa shape index (κ3) is 4.33. The lowest BCUT2D eigenvalue weighted by Gasteiger charge is -2.34. The maximum atomic E-state index is 12.4. The van der Waals surface area contributed by atoms with Gasteiger partial charge in [0.25, 0.3) is 0 Å². The number of nitrogen functional groups attached to an aromatic ring is 1. The van der Waals surface area contributed by atoms with Crippen LogP contribution >= 0.6 is 0 Å². The van der Waals surface area contributed by atoms with E-state index in [1.165, 1.54) is 5.56 Å². The summed E-state index contributed by atoms with van der Waals surface area (Å²) in [6.45, 7) is 4.44. The van der Waals surface area contributed by atoms with Gasteiger partial charge in [0.1, 0.15) is 0 Å². The molecule has 1 fully saturated rings. The van der Waals surface area contributed by atoms with Crippen molar-refractivity contribution < 1.29 is 4.79 Å². The van der Waals surface area contributed by atoms with E-state index in [0.29, 0.717) is 6.42 Å². The SMILES string of the molecule is Nc1ccc(CC(=O)N2CCN(Cc3ccccc3)CC2)cc1. The summed E-state index contributed by atoms with van der Waals surface area (Å²) in [7, 11) is 0. The Balaban J connectivity index is 1.48. The molecular formula is C19H23N3O. The largest absolute Gasteiger partial charge is 0.399 e. The molecule has 1 saturated heterocycles. The van der Waals surface area contributed by atoms with Gasteiger partial charge >= 0.3 is 0 Å². The maximum Gasteiger partial charge on any atom is 0.227 e. The number of hydrogen-bond acceptors (Lipinski definition) is 3. The molecule has 0 aromatic heterocycles. The Bertz CT molecular complexity index is 631. The summed E-state index contributed by atoms with van der Waals surface area (Å²) in [4.78, 5) is 16.8. The van der Waals surface area contributed by atoms with Crippen molar-refractivity contribution in [3.63, 3.8) is 0 Å². The Labute approximate surface area is 137 Å². The molecule has 0 atom stereocenters. The number of nitrogens with two attached hydrogens (primary N) is 1. The Morgan fingerprint density at radius 3 is 2.17 bits per heavy atom. The van der Waals surface area contributed by atoms with E-state index in [4.69, 9.17) is 5.73 Å². The van der Waals surface area contributed by atoms with Gasteiger partial charge in [0.05, 0.1) is 6.42 Å². The first-order chi connectivity index (χ1) is 11.2. The van der Waals surface area contributed by atoms with Gasteiger partial charge < -0.3 is 10.6 Å². The summed E-state index contributed by atoms with van der Waals surface area (Å²) in [6.07, 6.45) is 0.457. The van der Waals surface area contributed by atoms with Crippen molar-refractivity contribution in [2.45, 2.75) is 13.0 Å². The lowest BCUT2D eigenvalue weighted by molar-refractivity contribution is -0.132. The molecule has 4 heteroatoms. The number of rotatable bonds is 4. The van der Waals surface area contributed by atoms with Crippen LogP contribution in [0.25, 0.3) is 0 Å². The fraction of sp³-hybridized carbons (Fsp3) is 0.316. The fourth-order valence-electron chi connectivity index (χ4n) is 2.92. The second-order valence-electron chi connectivity index (χ2n) is 6.06. The maximum absolute atomic E-state index is 12.4. The van der Waals surface area contributed by atoms with E-state index < -0.39 is 0 Å². The van der Waals surface area contributed by atoms with Crippen LogP contribution in [0.1, 0.15) is 11.1 Å². The van der Waals surface area contributed by atoms with E-state index in [0.717, 1.165) is 44.0 Å². The number of carbonyl (C=O) groups is 1. The van der Waals surface area contributed by atoms with E-state index in [1.54, 1.807) is 0 Å². The number of piperazine rings is 1. The van der Waals surface area contributed by atoms with Crippen molar-refractivity contribution in [1.82, 2.24) is 9.80 Å². The van der Waals surface area contributed by atoms with Crippen LogP contribution < -0.4 is 5.73 Å².